The molecule has 0 aliphatic rings. The lowest BCUT2D eigenvalue weighted by atomic mass is 10.2. The maximum Gasteiger partial charge on any atom is 0.271 e. The molecule has 0 radical (unpaired) electrons. The molecule has 0 atom stereocenters. The van der Waals surface area contributed by atoms with Crippen molar-refractivity contribution in [2.45, 2.75) is 0 Å². The number of carbonyl (C=O) groups is 1. The van der Waals surface area contributed by atoms with Crippen LogP contribution in [0, 0.1) is 21.4 Å². The van der Waals surface area contributed by atoms with Crippen molar-refractivity contribution < 1.29 is 9.72 Å². The number of nitrogens with one attached hydrogen (secondary N) is 2. The van der Waals surface area contributed by atoms with Crippen LogP contribution in [0.15, 0.2) is 60.6 Å². The van der Waals surface area contributed by atoms with Gasteiger partial charge in [-0.05, 0) is 18.2 Å². The molecule has 0 aliphatic heterocycles. The molecule has 2 N–H and O–H groups in total. The fourth-order valence-corrected chi connectivity index (χ4v) is 1.65. The number of benzene rings is 1. The van der Waals surface area contributed by atoms with E-state index in [2.05, 4.69) is 15.6 Å². The van der Waals surface area contributed by atoms with Crippen molar-refractivity contribution in [3.8, 4) is 6.07 Å². The first kappa shape index (κ1) is 15.7. The first-order chi connectivity index (χ1) is 11.1. The summed E-state index contributed by atoms with van der Waals surface area (Å²) in [6, 6.07) is 10.6. The lowest BCUT2D eigenvalue weighted by Crippen LogP contribution is -2.14. The van der Waals surface area contributed by atoms with Gasteiger partial charge in [0.25, 0.3) is 11.6 Å². The van der Waals surface area contributed by atoms with Gasteiger partial charge in [0, 0.05) is 30.2 Å². The fraction of sp³-hybridized carbons (Fsp3) is 0. The van der Waals surface area contributed by atoms with Gasteiger partial charge in [-0.15, -0.1) is 0 Å². The summed E-state index contributed by atoms with van der Waals surface area (Å²) < 4.78 is 0. The normalized spacial score (nSPS) is 10.5. The Bertz CT molecular complexity index is 796. The summed E-state index contributed by atoms with van der Waals surface area (Å²) in [7, 11) is 0. The Kier molecular flexibility index (Phi) is 4.99. The molecular weight excluding hydrogens is 298 g/mol. The largest absolute Gasteiger partial charge is 0.359 e. The number of aromatic nitrogens is 1. The van der Waals surface area contributed by atoms with Crippen LogP contribution in [0.3, 0.4) is 0 Å². The van der Waals surface area contributed by atoms with E-state index in [0.717, 1.165) is 0 Å². The molecule has 1 aromatic heterocycles. The average Bonchev–Trinajstić information content (AvgIpc) is 2.56. The molecule has 0 saturated carbocycles. The van der Waals surface area contributed by atoms with E-state index in [-0.39, 0.29) is 16.9 Å². The van der Waals surface area contributed by atoms with E-state index in [0.29, 0.717) is 5.69 Å². The van der Waals surface area contributed by atoms with Gasteiger partial charge in [0.1, 0.15) is 11.6 Å². The maximum absolute atomic E-state index is 12.0. The number of amides is 1. The SMILES string of the molecule is N#C/C(=C/Nc1cccnc1)C(=O)Nc1cccc([N+](=O)[O-])c1. The summed E-state index contributed by atoms with van der Waals surface area (Å²) >= 11 is 0. The van der Waals surface area contributed by atoms with Gasteiger partial charge in [0.2, 0.25) is 0 Å². The summed E-state index contributed by atoms with van der Waals surface area (Å²) in [5, 5.41) is 25.0. The summed E-state index contributed by atoms with van der Waals surface area (Å²) in [5.74, 6) is -0.676. The quantitative estimate of drug-likeness (QED) is 0.379. The standard InChI is InChI=1S/C15H11N5O3/c16-8-11(9-18-13-4-2-6-17-10-13)15(21)19-12-3-1-5-14(7-12)20(22)23/h1-7,9-10,18H,(H,19,21)/b11-9-. The molecule has 23 heavy (non-hydrogen) atoms. The number of hydrogen-bond acceptors (Lipinski definition) is 6. The number of anilines is 2. The lowest BCUT2D eigenvalue weighted by Gasteiger charge is -2.05. The minimum Gasteiger partial charge on any atom is -0.359 e. The van der Waals surface area contributed by atoms with Gasteiger partial charge in [0.15, 0.2) is 0 Å². The van der Waals surface area contributed by atoms with Crippen LogP contribution in [-0.2, 0) is 4.79 Å². The van der Waals surface area contributed by atoms with Gasteiger partial charge in [-0.25, -0.2) is 0 Å². The topological polar surface area (TPSA) is 121 Å². The smallest absolute Gasteiger partial charge is 0.271 e. The van der Waals surface area contributed by atoms with E-state index in [1.807, 2.05) is 0 Å². The molecular formula is C15H11N5O3. The monoisotopic (exact) mass is 309 g/mol. The van der Waals surface area contributed by atoms with Gasteiger partial charge >= 0.3 is 0 Å². The number of non-ortho nitro benzene ring substituents is 1. The molecule has 2 aromatic rings. The molecule has 0 fully saturated rings. The number of rotatable bonds is 5. The summed E-state index contributed by atoms with van der Waals surface area (Å²) in [5.41, 5.74) is 0.509. The number of nitriles is 1. The Hall–Kier alpha value is -3.73. The second kappa shape index (κ2) is 7.33. The van der Waals surface area contributed by atoms with Gasteiger partial charge in [0.05, 0.1) is 16.8 Å². The molecule has 8 heteroatoms. The Balaban J connectivity index is 2.10. The molecule has 0 spiro atoms. The summed E-state index contributed by atoms with van der Waals surface area (Å²) in [4.78, 5) is 26.0. The van der Waals surface area contributed by atoms with E-state index >= 15 is 0 Å². The van der Waals surface area contributed by atoms with E-state index in [9.17, 15) is 14.9 Å². The number of nitro groups is 1. The van der Waals surface area contributed by atoms with Crippen LogP contribution in [0.4, 0.5) is 17.1 Å². The molecule has 114 valence electrons. The van der Waals surface area contributed by atoms with Gasteiger partial charge in [-0.2, -0.15) is 5.26 Å². The number of nitro benzene ring substituents is 1. The lowest BCUT2D eigenvalue weighted by molar-refractivity contribution is -0.384. The predicted octanol–water partition coefficient (Wildman–Crippen LogP) is 2.45. The van der Waals surface area contributed by atoms with Crippen LogP contribution in [-0.4, -0.2) is 15.8 Å². The van der Waals surface area contributed by atoms with Crippen molar-refractivity contribution >= 4 is 23.0 Å². The molecule has 0 bridgehead atoms. The van der Waals surface area contributed by atoms with Crippen LogP contribution in [0.5, 0.6) is 0 Å². The third-order valence-electron chi connectivity index (χ3n) is 2.72. The van der Waals surface area contributed by atoms with Gasteiger partial charge < -0.3 is 10.6 Å². The molecule has 0 aliphatic carbocycles. The third-order valence-corrected chi connectivity index (χ3v) is 2.72. The third kappa shape index (κ3) is 4.37. The zero-order valence-electron chi connectivity index (χ0n) is 11.8. The van der Waals surface area contributed by atoms with Crippen LogP contribution in [0.25, 0.3) is 0 Å². The first-order valence-corrected chi connectivity index (χ1v) is 6.43. The molecule has 1 amide bonds. The highest BCUT2D eigenvalue weighted by molar-refractivity contribution is 6.06. The van der Waals surface area contributed by atoms with Gasteiger partial charge in [-0.3, -0.25) is 19.9 Å². The van der Waals surface area contributed by atoms with Crippen molar-refractivity contribution in [1.82, 2.24) is 4.98 Å². The zero-order valence-corrected chi connectivity index (χ0v) is 11.8. The minimum atomic E-state index is -0.676. The average molecular weight is 309 g/mol. The van der Waals surface area contributed by atoms with Gasteiger partial charge in [-0.1, -0.05) is 6.07 Å². The zero-order chi connectivity index (χ0) is 16.7. The number of nitrogens with zero attached hydrogens (tertiary/aromatic N) is 3. The molecule has 0 unspecified atom stereocenters. The molecule has 1 aromatic carbocycles. The Morgan fingerprint density at radius 3 is 2.74 bits per heavy atom. The molecule has 0 saturated heterocycles. The highest BCUT2D eigenvalue weighted by atomic mass is 16.6. The Morgan fingerprint density at radius 2 is 2.09 bits per heavy atom. The molecule has 2 rings (SSSR count). The van der Waals surface area contributed by atoms with Crippen molar-refractivity contribution in [3.63, 3.8) is 0 Å². The van der Waals surface area contributed by atoms with Crippen LogP contribution < -0.4 is 10.6 Å². The van der Waals surface area contributed by atoms with Crippen LogP contribution in [0.1, 0.15) is 0 Å². The van der Waals surface area contributed by atoms with Crippen molar-refractivity contribution in [2.24, 2.45) is 0 Å². The Labute approximate surface area is 131 Å². The molecule has 8 nitrogen and oxygen atoms in total. The van der Waals surface area contributed by atoms with Crippen molar-refractivity contribution in [2.75, 3.05) is 10.6 Å². The van der Waals surface area contributed by atoms with E-state index in [1.165, 1.54) is 36.7 Å². The predicted molar refractivity (Wildman–Crippen MR) is 83.3 cm³/mol. The summed E-state index contributed by atoms with van der Waals surface area (Å²) in [6.07, 6.45) is 4.36. The maximum atomic E-state index is 12.0. The first-order valence-electron chi connectivity index (χ1n) is 6.43. The van der Waals surface area contributed by atoms with E-state index in [1.54, 1.807) is 24.4 Å². The van der Waals surface area contributed by atoms with Crippen LogP contribution in [0.2, 0.25) is 0 Å². The van der Waals surface area contributed by atoms with E-state index < -0.39 is 10.8 Å². The molecule has 1 heterocycles. The second-order valence-electron chi connectivity index (χ2n) is 4.32. The van der Waals surface area contributed by atoms with Crippen molar-refractivity contribution in [1.29, 1.82) is 5.26 Å². The highest BCUT2D eigenvalue weighted by Crippen LogP contribution is 2.17. The van der Waals surface area contributed by atoms with Crippen molar-refractivity contribution in [3.05, 3.63) is 70.7 Å². The highest BCUT2D eigenvalue weighted by Gasteiger charge is 2.11. The van der Waals surface area contributed by atoms with E-state index in [4.69, 9.17) is 5.26 Å². The number of hydrogen-bond donors (Lipinski definition) is 2. The fourth-order valence-electron chi connectivity index (χ4n) is 1.65. The Morgan fingerprint density at radius 1 is 1.30 bits per heavy atom. The summed E-state index contributed by atoms with van der Waals surface area (Å²) in [6.45, 7) is 0. The minimum absolute atomic E-state index is 0.154. The number of carbonyl (C=O) groups excluding carboxylic acids is 1. The second-order valence-corrected chi connectivity index (χ2v) is 4.32. The number of pyridine rings is 1. The van der Waals surface area contributed by atoms with Crippen LogP contribution >= 0.6 is 0 Å².